The number of benzene rings is 2. The Morgan fingerprint density at radius 1 is 1.15 bits per heavy atom. The summed E-state index contributed by atoms with van der Waals surface area (Å²) >= 11 is 0. The molecule has 0 spiro atoms. The van der Waals surface area contributed by atoms with Gasteiger partial charge in [0.25, 0.3) is 11.5 Å². The summed E-state index contributed by atoms with van der Waals surface area (Å²) in [6.07, 6.45) is -3.74. The molecule has 2 aromatic carbocycles. The first-order chi connectivity index (χ1) is 22.2. The van der Waals surface area contributed by atoms with Gasteiger partial charge in [0.1, 0.15) is 40.9 Å². The number of carbonyl (C=O) groups is 2. The Kier molecular flexibility index (Phi) is 9.57. The van der Waals surface area contributed by atoms with Gasteiger partial charge in [-0.05, 0) is 49.9 Å². The summed E-state index contributed by atoms with van der Waals surface area (Å²) < 4.78 is 88.4. The van der Waals surface area contributed by atoms with Crippen LogP contribution in [0.3, 0.4) is 0 Å². The quantitative estimate of drug-likeness (QED) is 0.299. The molecule has 0 bridgehead atoms. The van der Waals surface area contributed by atoms with Crippen LogP contribution in [-0.2, 0) is 34.2 Å². The number of halogens is 5. The monoisotopic (exact) mass is 664 g/mol. The Labute approximate surface area is 266 Å². The van der Waals surface area contributed by atoms with Crippen LogP contribution in [0.5, 0.6) is 5.75 Å². The van der Waals surface area contributed by atoms with Crippen molar-refractivity contribution in [2.24, 2.45) is 7.05 Å². The minimum atomic E-state index is -4.73. The maximum Gasteiger partial charge on any atom is 0.411 e. The summed E-state index contributed by atoms with van der Waals surface area (Å²) in [7, 11) is 2.70. The van der Waals surface area contributed by atoms with Gasteiger partial charge in [0.2, 0.25) is 0 Å². The van der Waals surface area contributed by atoms with Gasteiger partial charge >= 0.3 is 12.1 Å². The number of hydrogen-bond acceptors (Lipinski definition) is 8. The molecule has 3 aromatic rings. The fourth-order valence-corrected chi connectivity index (χ4v) is 5.98. The van der Waals surface area contributed by atoms with Crippen molar-refractivity contribution in [3.05, 3.63) is 74.5 Å². The maximum absolute atomic E-state index is 15.2. The van der Waals surface area contributed by atoms with Crippen molar-refractivity contribution in [1.82, 2.24) is 14.9 Å². The number of hydrogen-bond donors (Lipinski definition) is 1. The Morgan fingerprint density at radius 3 is 2.51 bits per heavy atom. The molecule has 1 amide bonds. The molecule has 0 radical (unpaired) electrons. The van der Waals surface area contributed by atoms with Crippen LogP contribution in [0.1, 0.15) is 39.4 Å². The number of morpholine rings is 1. The third-order valence-electron chi connectivity index (χ3n) is 8.45. The SMILES string of the molecule is COC(=O)[C@H](Cc1ccc(-c2c(C)nc(C)n(C)c2=O)c2c1CCCO2)NC(=O)c1c(F)cc(N2CCOC[C@@H]2C(F)(F)F)cc1F. The highest BCUT2D eigenvalue weighted by Gasteiger charge is 2.46. The van der Waals surface area contributed by atoms with Crippen molar-refractivity contribution in [3.63, 3.8) is 0 Å². The lowest BCUT2D eigenvalue weighted by atomic mass is 9.90. The number of ether oxygens (including phenoxy) is 3. The molecule has 1 aromatic heterocycles. The molecule has 2 aliphatic rings. The summed E-state index contributed by atoms with van der Waals surface area (Å²) in [6, 6.07) is 1.09. The van der Waals surface area contributed by atoms with Crippen LogP contribution in [0, 0.1) is 25.5 Å². The van der Waals surface area contributed by atoms with Gasteiger partial charge in [-0.25, -0.2) is 18.6 Å². The second-order valence-electron chi connectivity index (χ2n) is 11.4. The highest BCUT2D eigenvalue weighted by Crippen LogP contribution is 2.39. The molecule has 1 saturated heterocycles. The number of alkyl halides is 3. The second-order valence-corrected chi connectivity index (χ2v) is 11.4. The van der Waals surface area contributed by atoms with Crippen molar-refractivity contribution in [2.75, 3.05) is 38.4 Å². The number of nitrogens with one attached hydrogen (secondary N) is 1. The van der Waals surface area contributed by atoms with Crippen molar-refractivity contribution in [2.45, 2.75) is 51.4 Å². The molecule has 1 N–H and O–H groups in total. The van der Waals surface area contributed by atoms with Gasteiger partial charge in [0, 0.05) is 31.3 Å². The van der Waals surface area contributed by atoms with E-state index in [1.54, 1.807) is 33.0 Å². The van der Waals surface area contributed by atoms with Gasteiger partial charge in [0.15, 0.2) is 0 Å². The Hall–Kier alpha value is -4.53. The number of esters is 1. The lowest BCUT2D eigenvalue weighted by Crippen LogP contribution is -2.53. The molecular weight excluding hydrogens is 631 g/mol. The molecule has 10 nitrogen and oxygen atoms in total. The molecule has 2 atom stereocenters. The number of anilines is 1. The Bertz CT molecular complexity index is 1750. The number of aryl methyl sites for hydroxylation is 2. The van der Waals surface area contributed by atoms with Crippen molar-refractivity contribution >= 4 is 17.6 Å². The van der Waals surface area contributed by atoms with E-state index in [1.807, 2.05) is 0 Å². The topological polar surface area (TPSA) is 112 Å². The molecule has 252 valence electrons. The Morgan fingerprint density at radius 2 is 1.85 bits per heavy atom. The normalized spacial score (nSPS) is 17.0. The number of nitrogens with zero attached hydrogens (tertiary/aromatic N) is 3. The van der Waals surface area contributed by atoms with Gasteiger partial charge < -0.3 is 24.4 Å². The van der Waals surface area contributed by atoms with E-state index in [-0.39, 0.29) is 25.1 Å². The summed E-state index contributed by atoms with van der Waals surface area (Å²) in [5, 5.41) is 2.32. The van der Waals surface area contributed by atoms with Crippen molar-refractivity contribution < 1.29 is 45.8 Å². The second kappa shape index (κ2) is 13.3. The van der Waals surface area contributed by atoms with E-state index in [0.717, 1.165) is 12.0 Å². The number of fused-ring (bicyclic) bond motifs is 1. The smallest absolute Gasteiger partial charge is 0.411 e. The zero-order valence-corrected chi connectivity index (χ0v) is 26.1. The number of carbonyl (C=O) groups excluding carboxylic acids is 2. The van der Waals surface area contributed by atoms with Crippen molar-refractivity contribution in [3.8, 4) is 16.9 Å². The van der Waals surface area contributed by atoms with E-state index < -0.39 is 59.6 Å². The first kappa shape index (κ1) is 33.8. The molecule has 1 fully saturated rings. The van der Waals surface area contributed by atoms with Crippen LogP contribution >= 0.6 is 0 Å². The molecule has 0 saturated carbocycles. The standard InChI is InChI=1S/C32H33F5N4O6/c1-16-26(30(43)40(3)17(2)38-16)21-8-7-18(20-6-5-10-47-28(20)21)12-24(31(44)45-4)39-29(42)27-22(33)13-19(14-23(27)34)41-9-11-46-15-25(41)32(35,36)37/h7-8,13-14,24-25H,5-6,9-12,15H2,1-4H3,(H,39,42)/t24-,25+/m0/s1. The first-order valence-electron chi connectivity index (χ1n) is 14.8. The number of amides is 1. The molecular formula is C32H33F5N4O6. The van der Waals surface area contributed by atoms with E-state index in [2.05, 4.69) is 10.3 Å². The lowest BCUT2D eigenvalue weighted by Gasteiger charge is -2.38. The predicted octanol–water partition coefficient (Wildman–Crippen LogP) is 3.95. The minimum absolute atomic E-state index is 0.0905. The molecule has 0 unspecified atom stereocenters. The third-order valence-corrected chi connectivity index (χ3v) is 8.45. The average molecular weight is 665 g/mol. The third kappa shape index (κ3) is 6.66. The highest BCUT2D eigenvalue weighted by molar-refractivity contribution is 5.97. The van der Waals surface area contributed by atoms with Crippen LogP contribution in [0.2, 0.25) is 0 Å². The number of aromatic nitrogens is 2. The lowest BCUT2D eigenvalue weighted by molar-refractivity contribution is -0.167. The Balaban J connectivity index is 1.45. The zero-order chi connectivity index (χ0) is 34.2. The van der Waals surface area contributed by atoms with Crippen LogP contribution < -0.4 is 20.5 Å². The summed E-state index contributed by atoms with van der Waals surface area (Å²) in [5.74, 6) is -4.06. The summed E-state index contributed by atoms with van der Waals surface area (Å²) in [5.41, 5.74) is 0.883. The van der Waals surface area contributed by atoms with E-state index in [1.165, 1.54) is 4.57 Å². The molecule has 5 rings (SSSR count). The number of rotatable bonds is 7. The maximum atomic E-state index is 15.2. The summed E-state index contributed by atoms with van der Waals surface area (Å²) in [6.45, 7) is 2.73. The van der Waals surface area contributed by atoms with Gasteiger partial charge in [-0.3, -0.25) is 14.2 Å². The fraction of sp³-hybridized carbons (Fsp3) is 0.438. The van der Waals surface area contributed by atoms with E-state index in [4.69, 9.17) is 14.2 Å². The van der Waals surface area contributed by atoms with E-state index in [9.17, 15) is 27.6 Å². The zero-order valence-electron chi connectivity index (χ0n) is 26.1. The largest absolute Gasteiger partial charge is 0.493 e. The van der Waals surface area contributed by atoms with Crippen LogP contribution in [0.4, 0.5) is 27.6 Å². The fourth-order valence-electron chi connectivity index (χ4n) is 5.98. The van der Waals surface area contributed by atoms with Gasteiger partial charge in [-0.2, -0.15) is 13.2 Å². The highest BCUT2D eigenvalue weighted by atomic mass is 19.4. The van der Waals surface area contributed by atoms with Crippen LogP contribution in [-0.4, -0.2) is 73.2 Å². The molecule has 2 aliphatic heterocycles. The van der Waals surface area contributed by atoms with Crippen molar-refractivity contribution in [1.29, 1.82) is 0 Å². The average Bonchev–Trinajstić information content (AvgIpc) is 3.03. The molecule has 3 heterocycles. The molecule has 47 heavy (non-hydrogen) atoms. The van der Waals surface area contributed by atoms with Gasteiger partial charge in [-0.1, -0.05) is 12.1 Å². The molecule has 15 heteroatoms. The van der Waals surface area contributed by atoms with Gasteiger partial charge in [0.05, 0.1) is 38.2 Å². The summed E-state index contributed by atoms with van der Waals surface area (Å²) in [4.78, 5) is 44.5. The minimum Gasteiger partial charge on any atom is -0.493 e. The number of methoxy groups -OCH3 is 1. The first-order valence-corrected chi connectivity index (χ1v) is 14.8. The molecule has 0 aliphatic carbocycles. The van der Waals surface area contributed by atoms with Crippen LogP contribution in [0.25, 0.3) is 11.1 Å². The van der Waals surface area contributed by atoms with E-state index >= 15 is 8.78 Å². The van der Waals surface area contributed by atoms with E-state index in [0.29, 0.717) is 71.1 Å². The van der Waals surface area contributed by atoms with Gasteiger partial charge in [-0.15, -0.1) is 0 Å². The van der Waals surface area contributed by atoms with Crippen LogP contribution in [0.15, 0.2) is 29.1 Å². The predicted molar refractivity (Wildman–Crippen MR) is 160 cm³/mol.